The third-order valence-corrected chi connectivity index (χ3v) is 7.04. The van der Waals surface area contributed by atoms with E-state index < -0.39 is 10.0 Å². The molecule has 28 heavy (non-hydrogen) atoms. The van der Waals surface area contributed by atoms with E-state index in [1.54, 1.807) is 12.1 Å². The van der Waals surface area contributed by atoms with Gasteiger partial charge in [0.25, 0.3) is 0 Å². The second kappa shape index (κ2) is 10.5. The van der Waals surface area contributed by atoms with Crippen LogP contribution in [0.15, 0.2) is 23.1 Å². The summed E-state index contributed by atoms with van der Waals surface area (Å²) in [6.07, 6.45) is 4.82. The van der Waals surface area contributed by atoms with Crippen LogP contribution in [0.5, 0.6) is 0 Å². The van der Waals surface area contributed by atoms with Gasteiger partial charge in [0.15, 0.2) is 0 Å². The van der Waals surface area contributed by atoms with Gasteiger partial charge < -0.3 is 10.2 Å². The molecule has 1 aliphatic heterocycles. The molecule has 0 spiro atoms. The van der Waals surface area contributed by atoms with E-state index in [-0.39, 0.29) is 22.9 Å². The molecule has 2 N–H and O–H groups in total. The van der Waals surface area contributed by atoms with Crippen molar-refractivity contribution >= 4 is 38.9 Å². The van der Waals surface area contributed by atoms with Crippen molar-refractivity contribution in [2.75, 3.05) is 22.6 Å². The predicted molar refractivity (Wildman–Crippen MR) is 116 cm³/mol. The Morgan fingerprint density at radius 3 is 2.75 bits per heavy atom. The largest absolute Gasteiger partial charge is 0.368 e. The van der Waals surface area contributed by atoms with Crippen molar-refractivity contribution in [2.24, 2.45) is 0 Å². The van der Waals surface area contributed by atoms with Crippen LogP contribution in [-0.4, -0.2) is 38.8 Å². The summed E-state index contributed by atoms with van der Waals surface area (Å²) < 4.78 is 29.0. The third-order valence-electron chi connectivity index (χ3n) is 5.15. The average Bonchev–Trinajstić information content (AvgIpc) is 2.66. The van der Waals surface area contributed by atoms with E-state index in [1.807, 2.05) is 19.9 Å². The highest BCUT2D eigenvalue weighted by atomic mass is 35.5. The van der Waals surface area contributed by atoms with E-state index in [4.69, 9.17) is 11.6 Å². The molecule has 1 heterocycles. The van der Waals surface area contributed by atoms with Crippen LogP contribution < -0.4 is 14.9 Å². The number of hydrogen-bond donors (Lipinski definition) is 2. The number of hydrogen-bond acceptors (Lipinski definition) is 4. The van der Waals surface area contributed by atoms with E-state index in [0.29, 0.717) is 36.5 Å². The topological polar surface area (TPSA) is 78.5 Å². The number of rotatable bonds is 9. The standard InChI is InChI=1S/C20H32ClN3O3S/c1-4-15(2)23-28(26,27)19-14-17(22-20(25)9-7-12-21)10-11-18(19)24-13-6-5-8-16(24)3/h10-11,14-16,23H,4-9,12-13H2,1-3H3,(H,22,25)/t15-,16+/m1/s1. The number of nitrogens with zero attached hydrogens (tertiary/aromatic N) is 1. The van der Waals surface area contributed by atoms with Gasteiger partial charge in [-0.2, -0.15) is 0 Å². The number of piperidine rings is 1. The fourth-order valence-electron chi connectivity index (χ4n) is 3.36. The van der Waals surface area contributed by atoms with Gasteiger partial charge in [-0.15, -0.1) is 11.6 Å². The summed E-state index contributed by atoms with van der Waals surface area (Å²) >= 11 is 5.64. The molecule has 0 aliphatic carbocycles. The maximum absolute atomic E-state index is 13.1. The summed E-state index contributed by atoms with van der Waals surface area (Å²) in [5.41, 5.74) is 1.18. The summed E-state index contributed by atoms with van der Waals surface area (Å²) in [6.45, 7) is 6.74. The van der Waals surface area contributed by atoms with E-state index >= 15 is 0 Å². The number of alkyl halides is 1. The molecule has 6 nitrogen and oxygen atoms in total. The van der Waals surface area contributed by atoms with Crippen molar-refractivity contribution in [1.82, 2.24) is 4.72 Å². The molecular formula is C20H32ClN3O3S. The number of amides is 1. The molecule has 0 aromatic heterocycles. The Morgan fingerprint density at radius 1 is 1.36 bits per heavy atom. The highest BCUT2D eigenvalue weighted by Crippen LogP contribution is 2.33. The lowest BCUT2D eigenvalue weighted by atomic mass is 10.0. The van der Waals surface area contributed by atoms with Crippen molar-refractivity contribution in [3.05, 3.63) is 18.2 Å². The molecule has 2 rings (SSSR count). The Bertz CT molecular complexity index is 770. The number of halogens is 1. The number of benzene rings is 1. The first kappa shape index (κ1) is 23.0. The first-order chi connectivity index (χ1) is 13.3. The Hall–Kier alpha value is -1.31. The molecule has 1 aromatic carbocycles. The highest BCUT2D eigenvalue weighted by Gasteiger charge is 2.27. The van der Waals surface area contributed by atoms with Gasteiger partial charge in [-0.3, -0.25) is 4.79 Å². The summed E-state index contributed by atoms with van der Waals surface area (Å²) in [6, 6.07) is 5.26. The number of carbonyl (C=O) groups excluding carboxylic acids is 1. The first-order valence-corrected chi connectivity index (χ1v) is 12.1. The maximum Gasteiger partial charge on any atom is 0.242 e. The first-order valence-electron chi connectivity index (χ1n) is 10.1. The number of anilines is 2. The minimum atomic E-state index is -3.71. The lowest BCUT2D eigenvalue weighted by Crippen LogP contribution is -2.39. The highest BCUT2D eigenvalue weighted by molar-refractivity contribution is 7.89. The van der Waals surface area contributed by atoms with Crippen LogP contribution in [0.25, 0.3) is 0 Å². The fraction of sp³-hybridized carbons (Fsp3) is 0.650. The van der Waals surface area contributed by atoms with Gasteiger partial charge in [0, 0.05) is 36.6 Å². The van der Waals surface area contributed by atoms with Crippen LogP contribution in [0.1, 0.15) is 59.3 Å². The normalized spacial score (nSPS) is 18.7. The fourth-order valence-corrected chi connectivity index (χ4v) is 5.06. The number of carbonyl (C=O) groups is 1. The third kappa shape index (κ3) is 6.09. The molecule has 8 heteroatoms. The van der Waals surface area contributed by atoms with Gasteiger partial charge in [0.2, 0.25) is 15.9 Å². The SMILES string of the molecule is CC[C@@H](C)NS(=O)(=O)c1cc(NC(=O)CCCCl)ccc1N1CCCC[C@@H]1C. The molecule has 0 saturated carbocycles. The van der Waals surface area contributed by atoms with Crippen molar-refractivity contribution in [2.45, 2.75) is 76.3 Å². The average molecular weight is 430 g/mol. The van der Waals surface area contributed by atoms with E-state index in [0.717, 1.165) is 25.8 Å². The molecule has 1 aromatic rings. The van der Waals surface area contributed by atoms with Crippen molar-refractivity contribution < 1.29 is 13.2 Å². The minimum absolute atomic E-state index is 0.168. The van der Waals surface area contributed by atoms with Gasteiger partial charge >= 0.3 is 0 Å². The second-order valence-corrected chi connectivity index (χ2v) is 9.55. The van der Waals surface area contributed by atoms with E-state index in [9.17, 15) is 13.2 Å². The Morgan fingerprint density at radius 2 is 2.11 bits per heavy atom. The molecule has 158 valence electrons. The minimum Gasteiger partial charge on any atom is -0.368 e. The monoisotopic (exact) mass is 429 g/mol. The van der Waals surface area contributed by atoms with Gasteiger partial charge in [0.05, 0.1) is 5.69 Å². The van der Waals surface area contributed by atoms with Crippen LogP contribution in [0.4, 0.5) is 11.4 Å². The van der Waals surface area contributed by atoms with Crippen molar-refractivity contribution in [1.29, 1.82) is 0 Å². The smallest absolute Gasteiger partial charge is 0.242 e. The van der Waals surface area contributed by atoms with Gasteiger partial charge in [-0.05, 0) is 64.2 Å². The van der Waals surface area contributed by atoms with Crippen LogP contribution >= 0.6 is 11.6 Å². The summed E-state index contributed by atoms with van der Waals surface area (Å²) in [5, 5.41) is 2.79. The molecule has 1 saturated heterocycles. The van der Waals surface area contributed by atoms with Crippen molar-refractivity contribution in [3.8, 4) is 0 Å². The maximum atomic E-state index is 13.1. The summed E-state index contributed by atoms with van der Waals surface area (Å²) in [5.74, 6) is 0.246. The zero-order valence-electron chi connectivity index (χ0n) is 17.0. The van der Waals surface area contributed by atoms with Gasteiger partial charge in [-0.1, -0.05) is 6.92 Å². The molecule has 1 fully saturated rings. The molecule has 0 radical (unpaired) electrons. The summed E-state index contributed by atoms with van der Waals surface area (Å²) in [4.78, 5) is 14.4. The van der Waals surface area contributed by atoms with Gasteiger partial charge in [-0.25, -0.2) is 13.1 Å². The number of nitrogens with one attached hydrogen (secondary N) is 2. The quantitative estimate of drug-likeness (QED) is 0.579. The molecule has 1 amide bonds. The van der Waals surface area contributed by atoms with Crippen LogP contribution in [0.2, 0.25) is 0 Å². The van der Waals surface area contributed by atoms with Crippen LogP contribution in [0, 0.1) is 0 Å². The zero-order chi connectivity index (χ0) is 20.7. The molecule has 0 bridgehead atoms. The van der Waals surface area contributed by atoms with Crippen molar-refractivity contribution in [3.63, 3.8) is 0 Å². The summed E-state index contributed by atoms with van der Waals surface area (Å²) in [7, 11) is -3.71. The molecule has 0 unspecified atom stereocenters. The molecular weight excluding hydrogens is 398 g/mol. The molecule has 1 aliphatic rings. The van der Waals surface area contributed by atoms with Crippen LogP contribution in [0.3, 0.4) is 0 Å². The zero-order valence-corrected chi connectivity index (χ0v) is 18.6. The lowest BCUT2D eigenvalue weighted by molar-refractivity contribution is -0.116. The Balaban J connectivity index is 2.40. The Kier molecular flexibility index (Phi) is 8.58. The molecule has 2 atom stereocenters. The van der Waals surface area contributed by atoms with Gasteiger partial charge in [0.1, 0.15) is 4.90 Å². The number of sulfonamides is 1. The lowest BCUT2D eigenvalue weighted by Gasteiger charge is -2.36. The predicted octanol–water partition coefficient (Wildman–Crippen LogP) is 4.10. The van der Waals surface area contributed by atoms with E-state index in [1.165, 1.54) is 0 Å². The Labute approximate surface area is 174 Å². The second-order valence-electron chi connectivity index (χ2n) is 7.49. The van der Waals surface area contributed by atoms with Crippen LogP contribution in [-0.2, 0) is 14.8 Å². The van der Waals surface area contributed by atoms with E-state index in [2.05, 4.69) is 21.9 Å².